The highest BCUT2D eigenvalue weighted by Gasteiger charge is 2.09. The normalized spacial score (nSPS) is 9.94. The maximum Gasteiger partial charge on any atom is 0.354 e. The average molecular weight is 230 g/mol. The number of aryl methyl sites for hydroxylation is 1. The van der Waals surface area contributed by atoms with Gasteiger partial charge in [-0.1, -0.05) is 18.2 Å². The molecule has 0 aliphatic rings. The van der Waals surface area contributed by atoms with Gasteiger partial charge in [0.2, 0.25) is 0 Å². The van der Waals surface area contributed by atoms with Crippen molar-refractivity contribution >= 4 is 5.97 Å². The summed E-state index contributed by atoms with van der Waals surface area (Å²) in [5.74, 6) is -0.539. The van der Waals surface area contributed by atoms with Crippen LogP contribution in [0, 0.1) is 6.92 Å². The fourth-order valence-electron chi connectivity index (χ4n) is 1.29. The molecule has 17 heavy (non-hydrogen) atoms. The third-order valence-electron chi connectivity index (χ3n) is 2.01. The van der Waals surface area contributed by atoms with Crippen LogP contribution in [0.5, 0.6) is 11.8 Å². The number of aromatic nitrogens is 2. The van der Waals surface area contributed by atoms with Crippen molar-refractivity contribution in [2.75, 3.05) is 0 Å². The molecule has 2 rings (SSSR count). The van der Waals surface area contributed by atoms with E-state index in [-0.39, 0.29) is 11.7 Å². The molecule has 86 valence electrons. The molecule has 1 aromatic carbocycles. The summed E-state index contributed by atoms with van der Waals surface area (Å²) in [5, 5.41) is 8.85. The second kappa shape index (κ2) is 4.61. The third-order valence-corrected chi connectivity index (χ3v) is 2.01. The molecule has 0 aliphatic heterocycles. The molecule has 2 aromatic rings. The highest BCUT2D eigenvalue weighted by Crippen LogP contribution is 2.17. The number of hydrogen-bond donors (Lipinski definition) is 1. The zero-order valence-corrected chi connectivity index (χ0v) is 9.12. The van der Waals surface area contributed by atoms with Crippen LogP contribution in [0.4, 0.5) is 0 Å². The molecule has 5 nitrogen and oxygen atoms in total. The van der Waals surface area contributed by atoms with Gasteiger partial charge in [0.1, 0.15) is 5.75 Å². The number of rotatable bonds is 3. The minimum atomic E-state index is -1.10. The highest BCUT2D eigenvalue weighted by molar-refractivity contribution is 5.85. The predicted molar refractivity (Wildman–Crippen MR) is 60.2 cm³/mol. The molecule has 0 radical (unpaired) electrons. The zero-order chi connectivity index (χ0) is 12.3. The Morgan fingerprint density at radius 2 is 1.94 bits per heavy atom. The lowest BCUT2D eigenvalue weighted by atomic mass is 10.3. The van der Waals surface area contributed by atoms with Crippen molar-refractivity contribution in [2.45, 2.75) is 6.92 Å². The van der Waals surface area contributed by atoms with Gasteiger partial charge >= 0.3 is 12.0 Å². The van der Waals surface area contributed by atoms with E-state index in [0.29, 0.717) is 11.4 Å². The standard InChI is InChI=1S/C12H10N2O3/c1-8-7-10(11(15)16)14-12(13-8)17-9-5-3-2-4-6-9/h2-7H,1H3,(H,15,16). The average Bonchev–Trinajstić information content (AvgIpc) is 2.29. The van der Waals surface area contributed by atoms with Crippen LogP contribution in [0.25, 0.3) is 0 Å². The van der Waals surface area contributed by atoms with Gasteiger partial charge < -0.3 is 9.84 Å². The molecule has 0 aliphatic carbocycles. The molecule has 0 amide bonds. The quantitative estimate of drug-likeness (QED) is 0.875. The molecule has 0 fully saturated rings. The summed E-state index contributed by atoms with van der Waals surface area (Å²) in [4.78, 5) is 18.6. The Morgan fingerprint density at radius 3 is 2.59 bits per heavy atom. The van der Waals surface area contributed by atoms with Gasteiger partial charge in [-0.2, -0.15) is 4.98 Å². The molecule has 0 atom stereocenters. The van der Waals surface area contributed by atoms with Crippen molar-refractivity contribution in [1.82, 2.24) is 9.97 Å². The first-order valence-corrected chi connectivity index (χ1v) is 4.97. The number of ether oxygens (including phenoxy) is 1. The first-order chi connectivity index (χ1) is 8.15. The third kappa shape index (κ3) is 2.78. The minimum Gasteiger partial charge on any atom is -0.477 e. The van der Waals surface area contributed by atoms with Crippen molar-refractivity contribution < 1.29 is 14.6 Å². The van der Waals surface area contributed by atoms with Crippen molar-refractivity contribution in [2.24, 2.45) is 0 Å². The lowest BCUT2D eigenvalue weighted by molar-refractivity contribution is 0.0689. The molecule has 0 unspecified atom stereocenters. The van der Waals surface area contributed by atoms with Crippen LogP contribution < -0.4 is 4.74 Å². The first kappa shape index (κ1) is 11.1. The van der Waals surface area contributed by atoms with Crippen LogP contribution in [0.3, 0.4) is 0 Å². The fourth-order valence-corrected chi connectivity index (χ4v) is 1.29. The first-order valence-electron chi connectivity index (χ1n) is 4.97. The van der Waals surface area contributed by atoms with Gasteiger partial charge in [0.25, 0.3) is 0 Å². The van der Waals surface area contributed by atoms with Gasteiger partial charge in [0.05, 0.1) is 0 Å². The summed E-state index contributed by atoms with van der Waals surface area (Å²) in [6.07, 6.45) is 0. The van der Waals surface area contributed by atoms with E-state index in [4.69, 9.17) is 9.84 Å². The van der Waals surface area contributed by atoms with Gasteiger partial charge in [0.15, 0.2) is 5.69 Å². The second-order valence-corrected chi connectivity index (χ2v) is 3.40. The largest absolute Gasteiger partial charge is 0.477 e. The van der Waals surface area contributed by atoms with Crippen molar-refractivity contribution in [3.63, 3.8) is 0 Å². The van der Waals surface area contributed by atoms with E-state index >= 15 is 0 Å². The number of carbonyl (C=O) groups is 1. The molecule has 0 spiro atoms. The number of benzene rings is 1. The Kier molecular flexibility index (Phi) is 3.00. The molecular weight excluding hydrogens is 220 g/mol. The van der Waals surface area contributed by atoms with E-state index in [2.05, 4.69) is 9.97 Å². The van der Waals surface area contributed by atoms with Crippen LogP contribution in [-0.2, 0) is 0 Å². The molecule has 1 N–H and O–H groups in total. The number of carboxylic acids is 1. The van der Waals surface area contributed by atoms with Crippen LogP contribution in [-0.4, -0.2) is 21.0 Å². The molecule has 1 heterocycles. The number of aromatic carboxylic acids is 1. The van der Waals surface area contributed by atoms with Crippen molar-refractivity contribution in [1.29, 1.82) is 0 Å². The number of carboxylic acid groups (broad SMARTS) is 1. The Labute approximate surface area is 97.7 Å². The lowest BCUT2D eigenvalue weighted by Gasteiger charge is -2.04. The Morgan fingerprint density at radius 1 is 1.24 bits per heavy atom. The summed E-state index contributed by atoms with van der Waals surface area (Å²) in [7, 11) is 0. The minimum absolute atomic E-state index is 0.0357. The Bertz CT molecular complexity index is 541. The van der Waals surface area contributed by atoms with E-state index in [1.165, 1.54) is 6.07 Å². The molecule has 0 saturated heterocycles. The maximum atomic E-state index is 10.8. The van der Waals surface area contributed by atoms with E-state index in [0.717, 1.165) is 0 Å². The molecule has 1 aromatic heterocycles. The summed E-state index contributed by atoms with van der Waals surface area (Å²) >= 11 is 0. The highest BCUT2D eigenvalue weighted by atomic mass is 16.5. The van der Waals surface area contributed by atoms with Crippen LogP contribution in [0.2, 0.25) is 0 Å². The zero-order valence-electron chi connectivity index (χ0n) is 9.12. The summed E-state index contributed by atoms with van der Waals surface area (Å²) in [6.45, 7) is 1.69. The monoisotopic (exact) mass is 230 g/mol. The SMILES string of the molecule is Cc1cc(C(=O)O)nc(Oc2ccccc2)n1. The van der Waals surface area contributed by atoms with Gasteiger partial charge in [0, 0.05) is 5.69 Å². The number of nitrogens with zero attached hydrogens (tertiary/aromatic N) is 2. The Balaban J connectivity index is 2.30. The second-order valence-electron chi connectivity index (χ2n) is 3.40. The van der Waals surface area contributed by atoms with Crippen LogP contribution in [0.15, 0.2) is 36.4 Å². The van der Waals surface area contributed by atoms with Crippen molar-refractivity contribution in [3.05, 3.63) is 47.8 Å². The smallest absolute Gasteiger partial charge is 0.354 e. The topological polar surface area (TPSA) is 72.3 Å². The molecular formula is C12H10N2O3. The van der Waals surface area contributed by atoms with E-state index in [1.54, 1.807) is 19.1 Å². The van der Waals surface area contributed by atoms with Gasteiger partial charge in [-0.05, 0) is 25.1 Å². The fraction of sp³-hybridized carbons (Fsp3) is 0.0833. The van der Waals surface area contributed by atoms with Gasteiger partial charge in [-0.3, -0.25) is 0 Å². The summed E-state index contributed by atoms with van der Waals surface area (Å²) in [5.41, 5.74) is 0.465. The molecule has 0 saturated carbocycles. The number of hydrogen-bond acceptors (Lipinski definition) is 4. The van der Waals surface area contributed by atoms with E-state index in [9.17, 15) is 4.79 Å². The van der Waals surface area contributed by atoms with Crippen molar-refractivity contribution in [3.8, 4) is 11.8 Å². The maximum absolute atomic E-state index is 10.8. The lowest BCUT2D eigenvalue weighted by Crippen LogP contribution is -2.04. The predicted octanol–water partition coefficient (Wildman–Crippen LogP) is 2.28. The van der Waals surface area contributed by atoms with E-state index < -0.39 is 5.97 Å². The van der Waals surface area contributed by atoms with Crippen LogP contribution in [0.1, 0.15) is 16.2 Å². The summed E-state index contributed by atoms with van der Waals surface area (Å²) in [6, 6.07) is 10.4. The van der Waals surface area contributed by atoms with Gasteiger partial charge in [-0.15, -0.1) is 0 Å². The number of para-hydroxylation sites is 1. The van der Waals surface area contributed by atoms with Gasteiger partial charge in [-0.25, -0.2) is 9.78 Å². The van der Waals surface area contributed by atoms with E-state index in [1.807, 2.05) is 18.2 Å². The molecule has 0 bridgehead atoms. The molecule has 5 heteroatoms. The Hall–Kier alpha value is -2.43. The summed E-state index contributed by atoms with van der Waals surface area (Å²) < 4.78 is 5.36. The van der Waals surface area contributed by atoms with Crippen LogP contribution >= 0.6 is 0 Å².